The molecule has 5 heteroatoms. The van der Waals surface area contributed by atoms with E-state index in [1.165, 1.54) is 0 Å². The van der Waals surface area contributed by atoms with E-state index in [2.05, 4.69) is 4.98 Å². The number of pyridine rings is 1. The first kappa shape index (κ1) is 14.1. The zero-order valence-corrected chi connectivity index (χ0v) is 12.7. The molecule has 2 heterocycles. The Balaban J connectivity index is 2.16. The molecule has 0 radical (unpaired) electrons. The molecule has 0 aliphatic heterocycles. The second kappa shape index (κ2) is 5.52. The van der Waals surface area contributed by atoms with Gasteiger partial charge in [-0.25, -0.2) is 4.98 Å². The summed E-state index contributed by atoms with van der Waals surface area (Å²) >= 11 is 0. The van der Waals surface area contributed by atoms with Gasteiger partial charge in [0.1, 0.15) is 17.1 Å². The number of nitrogens with zero attached hydrogens (tertiary/aromatic N) is 2. The predicted octanol–water partition coefficient (Wildman–Crippen LogP) is 3.14. The lowest BCUT2D eigenvalue weighted by molar-refractivity contribution is 0.112. The summed E-state index contributed by atoms with van der Waals surface area (Å²) in [7, 11) is 3.23. The van der Waals surface area contributed by atoms with Gasteiger partial charge in [-0.15, -0.1) is 0 Å². The summed E-state index contributed by atoms with van der Waals surface area (Å²) in [5.74, 6) is 1.42. The quantitative estimate of drug-likeness (QED) is 0.694. The average molecular weight is 296 g/mol. The lowest BCUT2D eigenvalue weighted by atomic mass is 10.1. The highest BCUT2D eigenvalue weighted by Gasteiger charge is 2.12. The average Bonchev–Trinajstić information content (AvgIpc) is 2.95. The van der Waals surface area contributed by atoms with Crippen LogP contribution < -0.4 is 9.47 Å². The van der Waals surface area contributed by atoms with Crippen LogP contribution in [0.2, 0.25) is 0 Å². The number of aldehydes is 1. The van der Waals surface area contributed by atoms with Crippen molar-refractivity contribution in [3.63, 3.8) is 0 Å². The molecule has 22 heavy (non-hydrogen) atoms. The molecule has 3 aromatic rings. The third-order valence-corrected chi connectivity index (χ3v) is 3.65. The van der Waals surface area contributed by atoms with Gasteiger partial charge in [0.25, 0.3) is 0 Å². The smallest absolute Gasteiger partial charge is 0.151 e. The van der Waals surface area contributed by atoms with Gasteiger partial charge in [0.15, 0.2) is 6.29 Å². The van der Waals surface area contributed by atoms with Crippen molar-refractivity contribution < 1.29 is 14.3 Å². The highest BCUT2D eigenvalue weighted by molar-refractivity contribution is 5.78. The van der Waals surface area contributed by atoms with E-state index in [1.807, 2.05) is 41.8 Å². The number of ether oxygens (including phenoxy) is 2. The molecule has 0 bridgehead atoms. The molecule has 0 unspecified atom stereocenters. The molecule has 0 spiro atoms. The molecule has 0 fully saturated rings. The topological polar surface area (TPSA) is 52.8 Å². The van der Waals surface area contributed by atoms with E-state index in [9.17, 15) is 4.79 Å². The summed E-state index contributed by atoms with van der Waals surface area (Å²) in [4.78, 5) is 15.7. The minimum absolute atomic E-state index is 0.651. The monoisotopic (exact) mass is 296 g/mol. The van der Waals surface area contributed by atoms with Crippen LogP contribution in [0.4, 0.5) is 0 Å². The van der Waals surface area contributed by atoms with Gasteiger partial charge in [0, 0.05) is 29.6 Å². The van der Waals surface area contributed by atoms with E-state index < -0.39 is 0 Å². The van der Waals surface area contributed by atoms with E-state index in [0.717, 1.165) is 34.5 Å². The number of benzene rings is 1. The maximum Gasteiger partial charge on any atom is 0.151 e. The lowest BCUT2D eigenvalue weighted by Gasteiger charge is -2.08. The van der Waals surface area contributed by atoms with Gasteiger partial charge >= 0.3 is 0 Å². The summed E-state index contributed by atoms with van der Waals surface area (Å²) in [5.41, 5.74) is 4.00. The Bertz CT molecular complexity index is 852. The van der Waals surface area contributed by atoms with Gasteiger partial charge in [0.05, 0.1) is 19.9 Å². The van der Waals surface area contributed by atoms with Crippen LogP contribution in [-0.2, 0) is 0 Å². The van der Waals surface area contributed by atoms with Crippen molar-refractivity contribution in [2.45, 2.75) is 6.92 Å². The summed E-state index contributed by atoms with van der Waals surface area (Å²) in [6.07, 6.45) is 4.51. The fourth-order valence-corrected chi connectivity index (χ4v) is 2.41. The van der Waals surface area contributed by atoms with Crippen molar-refractivity contribution in [2.75, 3.05) is 14.2 Å². The van der Waals surface area contributed by atoms with E-state index in [-0.39, 0.29) is 0 Å². The van der Waals surface area contributed by atoms with Crippen molar-refractivity contribution in [3.8, 4) is 22.8 Å². The van der Waals surface area contributed by atoms with Gasteiger partial charge in [0.2, 0.25) is 0 Å². The molecule has 112 valence electrons. The van der Waals surface area contributed by atoms with Crippen molar-refractivity contribution in [2.24, 2.45) is 0 Å². The minimum atomic E-state index is 0.651. The number of hydrogen-bond acceptors (Lipinski definition) is 4. The van der Waals surface area contributed by atoms with Crippen LogP contribution in [0.1, 0.15) is 15.9 Å². The van der Waals surface area contributed by atoms with E-state index in [1.54, 1.807) is 20.4 Å². The second-order valence-electron chi connectivity index (χ2n) is 4.99. The molecule has 2 aromatic heterocycles. The summed E-state index contributed by atoms with van der Waals surface area (Å²) < 4.78 is 12.5. The molecule has 0 N–H and O–H groups in total. The summed E-state index contributed by atoms with van der Waals surface area (Å²) in [5, 5.41) is 0. The van der Waals surface area contributed by atoms with Crippen molar-refractivity contribution in [1.29, 1.82) is 0 Å². The number of aromatic nitrogens is 2. The fraction of sp³-hybridized carbons (Fsp3) is 0.176. The van der Waals surface area contributed by atoms with Crippen LogP contribution >= 0.6 is 0 Å². The van der Waals surface area contributed by atoms with Crippen molar-refractivity contribution in [1.82, 2.24) is 9.38 Å². The minimum Gasteiger partial charge on any atom is -0.497 e. The molecule has 0 saturated heterocycles. The third-order valence-electron chi connectivity index (χ3n) is 3.65. The normalized spacial score (nSPS) is 10.7. The van der Waals surface area contributed by atoms with Crippen molar-refractivity contribution in [3.05, 3.63) is 47.8 Å². The zero-order chi connectivity index (χ0) is 15.7. The molecule has 3 rings (SSSR count). The molecule has 0 saturated carbocycles. The van der Waals surface area contributed by atoms with E-state index in [4.69, 9.17) is 9.47 Å². The maximum absolute atomic E-state index is 11.1. The maximum atomic E-state index is 11.1. The molecule has 0 atom stereocenters. The van der Waals surface area contributed by atoms with Crippen LogP contribution in [0.15, 0.2) is 36.7 Å². The predicted molar refractivity (Wildman–Crippen MR) is 83.9 cm³/mol. The van der Waals surface area contributed by atoms with E-state index >= 15 is 0 Å². The van der Waals surface area contributed by atoms with Crippen LogP contribution in [0, 0.1) is 6.92 Å². The summed E-state index contributed by atoms with van der Waals surface area (Å²) in [6, 6.07) is 7.49. The first-order chi connectivity index (χ1) is 10.7. The first-order valence-electron chi connectivity index (χ1n) is 6.83. The molecule has 0 aliphatic rings. The third kappa shape index (κ3) is 2.30. The van der Waals surface area contributed by atoms with Gasteiger partial charge < -0.3 is 13.9 Å². The Kier molecular flexibility index (Phi) is 3.55. The van der Waals surface area contributed by atoms with Crippen molar-refractivity contribution >= 4 is 11.9 Å². The number of rotatable bonds is 4. The molecule has 5 nitrogen and oxygen atoms in total. The Labute approximate surface area is 128 Å². The van der Waals surface area contributed by atoms with Gasteiger partial charge in [-0.1, -0.05) is 0 Å². The van der Waals surface area contributed by atoms with Crippen LogP contribution in [-0.4, -0.2) is 29.9 Å². The lowest BCUT2D eigenvalue weighted by Crippen LogP contribution is -1.91. The second-order valence-corrected chi connectivity index (χ2v) is 4.99. The van der Waals surface area contributed by atoms with Gasteiger partial charge in [-0.05, 0) is 30.7 Å². The number of carbonyl (C=O) groups excluding carboxylic acids is 1. The summed E-state index contributed by atoms with van der Waals surface area (Å²) in [6.45, 7) is 1.89. The molecular weight excluding hydrogens is 280 g/mol. The number of imidazole rings is 1. The molecule has 1 aromatic carbocycles. The van der Waals surface area contributed by atoms with Crippen LogP contribution in [0.25, 0.3) is 16.9 Å². The first-order valence-corrected chi connectivity index (χ1v) is 6.83. The largest absolute Gasteiger partial charge is 0.497 e. The van der Waals surface area contributed by atoms with Crippen LogP contribution in [0.5, 0.6) is 11.5 Å². The number of fused-ring (bicyclic) bond motifs is 1. The molecule has 0 amide bonds. The molecule has 0 aliphatic carbocycles. The number of methoxy groups -OCH3 is 2. The van der Waals surface area contributed by atoms with Gasteiger partial charge in [-0.2, -0.15) is 0 Å². The zero-order valence-electron chi connectivity index (χ0n) is 12.7. The highest BCUT2D eigenvalue weighted by Crippen LogP contribution is 2.33. The Morgan fingerprint density at radius 1 is 1.14 bits per heavy atom. The van der Waals surface area contributed by atoms with E-state index in [0.29, 0.717) is 11.3 Å². The Hall–Kier alpha value is -2.82. The fourth-order valence-electron chi connectivity index (χ4n) is 2.41. The van der Waals surface area contributed by atoms with Crippen LogP contribution in [0.3, 0.4) is 0 Å². The Morgan fingerprint density at radius 3 is 2.64 bits per heavy atom. The van der Waals surface area contributed by atoms with Gasteiger partial charge in [-0.3, -0.25) is 4.79 Å². The SMILES string of the molecule is COc1ccc(-c2cn3cc(C=O)c(C)cc3n2)c(OC)c1. The number of carbonyl (C=O) groups is 1. The number of aryl methyl sites for hydroxylation is 1. The Morgan fingerprint density at radius 2 is 1.95 bits per heavy atom. The molecular formula is C17H16N2O3. The standard InChI is InChI=1S/C17H16N2O3/c1-11-6-17-18-15(9-19(17)8-12(11)10-20)14-5-4-13(21-2)7-16(14)22-3/h4-10H,1-3H3. The highest BCUT2D eigenvalue weighted by atomic mass is 16.5. The number of hydrogen-bond donors (Lipinski definition) is 0.